The van der Waals surface area contributed by atoms with E-state index in [1.807, 2.05) is 44.9 Å². The number of benzene rings is 1. The third kappa shape index (κ3) is 8.58. The molecule has 0 saturated heterocycles. The summed E-state index contributed by atoms with van der Waals surface area (Å²) in [5.74, 6) is 0.858. The van der Waals surface area contributed by atoms with Gasteiger partial charge in [-0.1, -0.05) is 11.6 Å². The fourth-order valence-electron chi connectivity index (χ4n) is 1.84. The van der Waals surface area contributed by atoms with Crippen LogP contribution >= 0.6 is 11.6 Å². The van der Waals surface area contributed by atoms with Gasteiger partial charge in [0, 0.05) is 17.1 Å². The maximum absolute atomic E-state index is 11.8. The Morgan fingerprint density at radius 1 is 1.29 bits per heavy atom. The number of likely N-dealkylation sites (N-methyl/N-ethyl adjacent to an activating group) is 1. The number of carbonyl (C=O) groups is 1. The lowest BCUT2D eigenvalue weighted by Gasteiger charge is -2.23. The number of nitrogens with one attached hydrogen (secondary N) is 1. The Morgan fingerprint density at radius 2 is 1.90 bits per heavy atom. The van der Waals surface area contributed by atoms with E-state index >= 15 is 0 Å². The van der Waals surface area contributed by atoms with Gasteiger partial charge >= 0.3 is 0 Å². The number of carbonyl (C=O) groups excluding carboxylic acids is 1. The number of rotatable bonds is 7. The summed E-state index contributed by atoms with van der Waals surface area (Å²) in [6.45, 7) is 7.76. The third-order valence-corrected chi connectivity index (χ3v) is 2.95. The number of amides is 1. The second-order valence-electron chi connectivity index (χ2n) is 6.19. The number of ether oxygens (including phenoxy) is 1. The predicted octanol–water partition coefficient (Wildman–Crippen LogP) is 2.96. The first-order chi connectivity index (χ1) is 9.76. The Bertz CT molecular complexity index is 441. The van der Waals surface area contributed by atoms with Crippen molar-refractivity contribution in [2.24, 2.45) is 0 Å². The second kappa shape index (κ2) is 8.25. The van der Waals surface area contributed by atoms with E-state index in [0.717, 1.165) is 18.7 Å². The molecule has 1 aromatic rings. The maximum atomic E-state index is 11.8. The highest BCUT2D eigenvalue weighted by Gasteiger charge is 2.14. The molecule has 0 aromatic heterocycles. The van der Waals surface area contributed by atoms with Gasteiger partial charge in [0.15, 0.2) is 0 Å². The molecule has 0 unspecified atom stereocenters. The molecule has 1 amide bonds. The lowest BCUT2D eigenvalue weighted by molar-refractivity contribution is -0.123. The normalized spacial score (nSPS) is 11.5. The van der Waals surface area contributed by atoms with Crippen molar-refractivity contribution in [1.82, 2.24) is 10.2 Å². The molecule has 0 spiro atoms. The van der Waals surface area contributed by atoms with E-state index in [4.69, 9.17) is 16.3 Å². The largest absolute Gasteiger partial charge is 0.494 e. The van der Waals surface area contributed by atoms with Gasteiger partial charge in [-0.05, 0) is 58.5 Å². The standard InChI is InChI=1S/C16H25ClN2O2/c1-16(2,3)18-15(20)12-19(4)10-5-11-21-14-8-6-13(17)7-9-14/h6-9H,5,10-12H2,1-4H3,(H,18,20). The second-order valence-corrected chi connectivity index (χ2v) is 6.63. The van der Waals surface area contributed by atoms with Gasteiger partial charge in [0.2, 0.25) is 5.91 Å². The zero-order valence-corrected chi connectivity index (χ0v) is 14.0. The van der Waals surface area contributed by atoms with Crippen molar-refractivity contribution in [3.8, 4) is 5.75 Å². The molecule has 0 aliphatic rings. The topological polar surface area (TPSA) is 41.6 Å². The molecule has 1 rings (SSSR count). The van der Waals surface area contributed by atoms with Gasteiger partial charge in [-0.15, -0.1) is 0 Å². The summed E-state index contributed by atoms with van der Waals surface area (Å²) in [5.41, 5.74) is -0.185. The minimum atomic E-state index is -0.185. The molecular weight excluding hydrogens is 288 g/mol. The van der Waals surface area contributed by atoms with Gasteiger partial charge in [0.1, 0.15) is 5.75 Å². The van der Waals surface area contributed by atoms with Crippen LogP contribution < -0.4 is 10.1 Å². The maximum Gasteiger partial charge on any atom is 0.234 e. The van der Waals surface area contributed by atoms with Gasteiger partial charge in [-0.2, -0.15) is 0 Å². The van der Waals surface area contributed by atoms with Crippen molar-refractivity contribution in [3.05, 3.63) is 29.3 Å². The van der Waals surface area contributed by atoms with Gasteiger partial charge in [0.05, 0.1) is 13.2 Å². The van der Waals surface area contributed by atoms with Crippen LogP contribution in [0.2, 0.25) is 5.02 Å². The van der Waals surface area contributed by atoms with Crippen LogP contribution in [0.15, 0.2) is 24.3 Å². The Morgan fingerprint density at radius 3 is 2.48 bits per heavy atom. The molecule has 21 heavy (non-hydrogen) atoms. The van der Waals surface area contributed by atoms with Gasteiger partial charge in [-0.25, -0.2) is 0 Å². The molecule has 0 bridgehead atoms. The number of nitrogens with zero attached hydrogens (tertiary/aromatic N) is 1. The Hall–Kier alpha value is -1.26. The molecule has 0 atom stereocenters. The summed E-state index contributed by atoms with van der Waals surface area (Å²) < 4.78 is 5.61. The minimum absolute atomic E-state index is 0.0450. The minimum Gasteiger partial charge on any atom is -0.494 e. The van der Waals surface area contributed by atoms with Crippen LogP contribution in [0.5, 0.6) is 5.75 Å². The smallest absolute Gasteiger partial charge is 0.234 e. The molecule has 0 heterocycles. The molecule has 0 saturated carbocycles. The molecule has 1 aromatic carbocycles. The van der Waals surface area contributed by atoms with E-state index in [9.17, 15) is 4.79 Å². The highest BCUT2D eigenvalue weighted by Crippen LogP contribution is 2.15. The van der Waals surface area contributed by atoms with Crippen LogP contribution in [0, 0.1) is 0 Å². The number of hydrogen-bond donors (Lipinski definition) is 1. The van der Waals surface area contributed by atoms with E-state index in [1.165, 1.54) is 0 Å². The fourth-order valence-corrected chi connectivity index (χ4v) is 1.96. The van der Waals surface area contributed by atoms with E-state index in [-0.39, 0.29) is 11.4 Å². The molecular formula is C16H25ClN2O2. The molecule has 0 radical (unpaired) electrons. The first-order valence-electron chi connectivity index (χ1n) is 7.14. The zero-order valence-electron chi connectivity index (χ0n) is 13.3. The summed E-state index contributed by atoms with van der Waals surface area (Å²) >= 11 is 5.81. The SMILES string of the molecule is CN(CCCOc1ccc(Cl)cc1)CC(=O)NC(C)(C)C. The van der Waals surface area contributed by atoms with Gasteiger partial charge in [-0.3, -0.25) is 9.69 Å². The Balaban J connectivity index is 2.17. The van der Waals surface area contributed by atoms with Crippen molar-refractivity contribution < 1.29 is 9.53 Å². The van der Waals surface area contributed by atoms with Crippen molar-refractivity contribution in [2.75, 3.05) is 26.7 Å². The summed E-state index contributed by atoms with van der Waals surface area (Å²) in [6, 6.07) is 7.31. The van der Waals surface area contributed by atoms with Crippen LogP contribution in [0.4, 0.5) is 0 Å². The molecule has 1 N–H and O–H groups in total. The first kappa shape index (κ1) is 17.8. The molecule has 118 valence electrons. The number of halogens is 1. The molecule has 5 heteroatoms. The van der Waals surface area contributed by atoms with E-state index in [1.54, 1.807) is 12.1 Å². The van der Waals surface area contributed by atoms with Gasteiger partial charge in [0.25, 0.3) is 0 Å². The molecule has 0 aliphatic carbocycles. The average molecular weight is 313 g/mol. The van der Waals surface area contributed by atoms with Crippen LogP contribution in [0.25, 0.3) is 0 Å². The lowest BCUT2D eigenvalue weighted by atomic mass is 10.1. The highest BCUT2D eigenvalue weighted by molar-refractivity contribution is 6.30. The zero-order chi connectivity index (χ0) is 15.9. The summed E-state index contributed by atoms with van der Waals surface area (Å²) in [7, 11) is 1.94. The fraction of sp³-hybridized carbons (Fsp3) is 0.562. The predicted molar refractivity (Wildman–Crippen MR) is 87.0 cm³/mol. The molecule has 4 nitrogen and oxygen atoms in total. The van der Waals surface area contributed by atoms with Crippen molar-refractivity contribution in [1.29, 1.82) is 0 Å². The van der Waals surface area contributed by atoms with Crippen LogP contribution in [0.3, 0.4) is 0 Å². The average Bonchev–Trinajstić information content (AvgIpc) is 2.34. The first-order valence-corrected chi connectivity index (χ1v) is 7.52. The summed E-state index contributed by atoms with van der Waals surface area (Å²) in [6.07, 6.45) is 0.863. The summed E-state index contributed by atoms with van der Waals surface area (Å²) in [4.78, 5) is 13.8. The number of hydrogen-bond acceptors (Lipinski definition) is 3. The van der Waals surface area contributed by atoms with E-state index < -0.39 is 0 Å². The Labute approximate surface area is 132 Å². The molecule has 0 fully saturated rings. The van der Waals surface area contributed by atoms with Crippen molar-refractivity contribution in [3.63, 3.8) is 0 Å². The van der Waals surface area contributed by atoms with Gasteiger partial charge < -0.3 is 10.1 Å². The van der Waals surface area contributed by atoms with Crippen LogP contribution in [-0.4, -0.2) is 43.1 Å². The lowest BCUT2D eigenvalue weighted by Crippen LogP contribution is -2.45. The molecule has 0 aliphatic heterocycles. The monoisotopic (exact) mass is 312 g/mol. The highest BCUT2D eigenvalue weighted by atomic mass is 35.5. The van der Waals surface area contributed by atoms with E-state index in [2.05, 4.69) is 5.32 Å². The quantitative estimate of drug-likeness (QED) is 0.787. The van der Waals surface area contributed by atoms with Crippen LogP contribution in [0.1, 0.15) is 27.2 Å². The van der Waals surface area contributed by atoms with Crippen molar-refractivity contribution in [2.45, 2.75) is 32.7 Å². The summed E-state index contributed by atoms with van der Waals surface area (Å²) in [5, 5.41) is 3.65. The van der Waals surface area contributed by atoms with Crippen molar-refractivity contribution >= 4 is 17.5 Å². The Kier molecular flexibility index (Phi) is 6.99. The van der Waals surface area contributed by atoms with E-state index in [0.29, 0.717) is 18.2 Å². The third-order valence-electron chi connectivity index (χ3n) is 2.69. The van der Waals surface area contributed by atoms with Crippen LogP contribution in [-0.2, 0) is 4.79 Å².